The lowest BCUT2D eigenvalue weighted by Crippen LogP contribution is -1.97. The molecular weight excluding hydrogens is 374 g/mol. The van der Waals surface area contributed by atoms with Crippen LogP contribution in [-0.4, -0.2) is 0 Å². The second kappa shape index (κ2) is 27.5. The lowest BCUT2D eigenvalue weighted by Gasteiger charge is -2.09. The van der Waals surface area contributed by atoms with Gasteiger partial charge in [-0.2, -0.15) is 5.26 Å². The predicted molar refractivity (Wildman–Crippen MR) is 140 cm³/mol. The van der Waals surface area contributed by atoms with Crippen LogP contribution in [0.15, 0.2) is 0 Å². The normalized spacial score (nSPS) is 12.2. The molecule has 0 saturated heterocycles. The van der Waals surface area contributed by atoms with Gasteiger partial charge in [-0.25, -0.2) is 0 Å². The molecule has 0 aromatic rings. The summed E-state index contributed by atoms with van der Waals surface area (Å²) in [5.74, 6) is 0.326. The van der Waals surface area contributed by atoms with E-state index in [4.69, 9.17) is 0 Å². The maximum atomic E-state index is 9.38. The molecule has 0 saturated carbocycles. The predicted octanol–water partition coefficient (Wildman–Crippen LogP) is 11.3. The highest BCUT2D eigenvalue weighted by atomic mass is 14.3. The summed E-state index contributed by atoms with van der Waals surface area (Å²) in [7, 11) is 0. The first kappa shape index (κ1) is 30.5. The van der Waals surface area contributed by atoms with Crippen LogP contribution >= 0.6 is 0 Å². The summed E-state index contributed by atoms with van der Waals surface area (Å²) in [6.07, 6.45) is 36.0. The molecule has 1 nitrogen and oxygen atoms in total. The van der Waals surface area contributed by atoms with E-state index in [1.54, 1.807) is 0 Å². The maximum absolute atomic E-state index is 9.38. The van der Waals surface area contributed by atoms with E-state index in [0.29, 0.717) is 5.92 Å². The topological polar surface area (TPSA) is 23.8 Å². The van der Waals surface area contributed by atoms with Gasteiger partial charge in [-0.05, 0) is 12.8 Å². The Hall–Kier alpha value is -0.510. The van der Waals surface area contributed by atoms with Crippen molar-refractivity contribution in [2.45, 2.75) is 181 Å². The summed E-state index contributed by atoms with van der Waals surface area (Å²) in [5.41, 5.74) is 0. The van der Waals surface area contributed by atoms with Crippen LogP contribution in [0.2, 0.25) is 0 Å². The molecule has 0 aliphatic carbocycles. The Balaban J connectivity index is 3.22. The average molecular weight is 434 g/mol. The van der Waals surface area contributed by atoms with Crippen molar-refractivity contribution < 1.29 is 0 Å². The molecule has 0 amide bonds. The fourth-order valence-corrected chi connectivity index (χ4v) is 4.74. The molecule has 0 aliphatic heterocycles. The van der Waals surface area contributed by atoms with Gasteiger partial charge in [0.2, 0.25) is 0 Å². The Labute approximate surface area is 198 Å². The van der Waals surface area contributed by atoms with E-state index in [1.807, 2.05) is 0 Å². The number of unbranched alkanes of at least 4 members (excludes halogenated alkanes) is 22. The fourth-order valence-electron chi connectivity index (χ4n) is 4.74. The maximum Gasteiger partial charge on any atom is 0.0655 e. The average Bonchev–Trinajstić information content (AvgIpc) is 2.79. The first-order chi connectivity index (χ1) is 15.3. The Kier molecular flexibility index (Phi) is 27.1. The zero-order chi connectivity index (χ0) is 22.7. The van der Waals surface area contributed by atoms with Crippen LogP contribution in [0, 0.1) is 17.2 Å². The van der Waals surface area contributed by atoms with Crippen molar-refractivity contribution in [2.24, 2.45) is 5.92 Å². The minimum Gasteiger partial charge on any atom is -0.198 e. The number of nitrogens with zero attached hydrogens (tertiary/aromatic N) is 1. The van der Waals surface area contributed by atoms with Crippen LogP contribution in [0.25, 0.3) is 0 Å². The highest BCUT2D eigenvalue weighted by Crippen LogP contribution is 2.19. The molecule has 31 heavy (non-hydrogen) atoms. The zero-order valence-electron chi connectivity index (χ0n) is 21.9. The smallest absolute Gasteiger partial charge is 0.0655 e. The molecule has 0 fully saturated rings. The molecule has 0 spiro atoms. The summed E-state index contributed by atoms with van der Waals surface area (Å²) >= 11 is 0. The molecule has 0 rings (SSSR count). The van der Waals surface area contributed by atoms with E-state index in [1.165, 1.54) is 154 Å². The quantitative estimate of drug-likeness (QED) is 0.124. The van der Waals surface area contributed by atoms with Crippen molar-refractivity contribution in [1.82, 2.24) is 0 Å². The molecule has 0 aliphatic rings. The molecule has 0 radical (unpaired) electrons. The van der Waals surface area contributed by atoms with E-state index in [2.05, 4.69) is 19.9 Å². The van der Waals surface area contributed by atoms with E-state index in [0.717, 1.165) is 12.8 Å². The minimum absolute atomic E-state index is 0.326. The van der Waals surface area contributed by atoms with E-state index in [-0.39, 0.29) is 0 Å². The molecule has 0 N–H and O–H groups in total. The molecule has 0 bridgehead atoms. The highest BCUT2D eigenvalue weighted by Gasteiger charge is 2.06. The van der Waals surface area contributed by atoms with Gasteiger partial charge in [0.1, 0.15) is 0 Å². The molecule has 0 aromatic carbocycles. The van der Waals surface area contributed by atoms with Crippen molar-refractivity contribution in [3.8, 4) is 6.07 Å². The van der Waals surface area contributed by atoms with Crippen LogP contribution < -0.4 is 0 Å². The lowest BCUT2D eigenvalue weighted by atomic mass is 9.95. The summed E-state index contributed by atoms with van der Waals surface area (Å²) in [5, 5.41) is 9.38. The third-order valence-electron chi connectivity index (χ3n) is 6.99. The highest BCUT2D eigenvalue weighted by molar-refractivity contribution is 4.82. The number of hydrogen-bond acceptors (Lipinski definition) is 1. The van der Waals surface area contributed by atoms with E-state index >= 15 is 0 Å². The first-order valence-corrected chi connectivity index (χ1v) is 14.7. The third-order valence-corrected chi connectivity index (χ3v) is 6.99. The van der Waals surface area contributed by atoms with Crippen molar-refractivity contribution in [2.75, 3.05) is 0 Å². The van der Waals surface area contributed by atoms with Crippen molar-refractivity contribution in [3.63, 3.8) is 0 Å². The Bertz CT molecular complexity index is 356. The van der Waals surface area contributed by atoms with Gasteiger partial charge in [0.15, 0.2) is 0 Å². The second-order valence-electron chi connectivity index (χ2n) is 10.2. The summed E-state index contributed by atoms with van der Waals surface area (Å²) in [4.78, 5) is 0. The summed E-state index contributed by atoms with van der Waals surface area (Å²) in [6, 6.07) is 2.57. The van der Waals surface area contributed by atoms with Gasteiger partial charge in [-0.15, -0.1) is 0 Å². The van der Waals surface area contributed by atoms with Crippen LogP contribution in [0.3, 0.4) is 0 Å². The number of hydrogen-bond donors (Lipinski definition) is 0. The Morgan fingerprint density at radius 3 is 0.839 bits per heavy atom. The Morgan fingerprint density at radius 1 is 0.387 bits per heavy atom. The van der Waals surface area contributed by atoms with Crippen molar-refractivity contribution in [3.05, 3.63) is 0 Å². The van der Waals surface area contributed by atoms with E-state index < -0.39 is 0 Å². The monoisotopic (exact) mass is 433 g/mol. The summed E-state index contributed by atoms with van der Waals surface area (Å²) < 4.78 is 0. The lowest BCUT2D eigenvalue weighted by molar-refractivity contribution is 0.469. The van der Waals surface area contributed by atoms with Crippen LogP contribution in [0.4, 0.5) is 0 Å². The van der Waals surface area contributed by atoms with E-state index in [9.17, 15) is 5.26 Å². The van der Waals surface area contributed by atoms with Gasteiger partial charge in [0, 0.05) is 5.92 Å². The molecule has 1 heteroatoms. The van der Waals surface area contributed by atoms with Gasteiger partial charge in [0.05, 0.1) is 6.07 Å². The van der Waals surface area contributed by atoms with Gasteiger partial charge in [-0.1, -0.05) is 168 Å². The first-order valence-electron chi connectivity index (χ1n) is 14.7. The second-order valence-corrected chi connectivity index (χ2v) is 10.2. The molecule has 1 atom stereocenters. The molecule has 1 unspecified atom stereocenters. The molecule has 0 aromatic heterocycles. The van der Waals surface area contributed by atoms with Gasteiger partial charge >= 0.3 is 0 Å². The van der Waals surface area contributed by atoms with Crippen LogP contribution in [0.1, 0.15) is 181 Å². The fraction of sp³-hybridized carbons (Fsp3) is 0.967. The molecular formula is C30H59N. The third kappa shape index (κ3) is 25.6. The number of rotatable bonds is 26. The standard InChI is InChI=1S/C30H59N/c1-3-5-7-9-11-12-13-14-15-16-17-18-19-20-22-24-26-28-30(29-31)27-25-23-21-10-8-6-4-2/h30H,3-28H2,1-2H3. The van der Waals surface area contributed by atoms with Crippen LogP contribution in [-0.2, 0) is 0 Å². The van der Waals surface area contributed by atoms with Crippen molar-refractivity contribution in [1.29, 1.82) is 5.26 Å². The van der Waals surface area contributed by atoms with Crippen molar-refractivity contribution >= 4 is 0 Å². The van der Waals surface area contributed by atoms with Gasteiger partial charge < -0.3 is 0 Å². The molecule has 0 heterocycles. The minimum atomic E-state index is 0.326. The van der Waals surface area contributed by atoms with Crippen LogP contribution in [0.5, 0.6) is 0 Å². The Morgan fingerprint density at radius 2 is 0.613 bits per heavy atom. The zero-order valence-corrected chi connectivity index (χ0v) is 21.9. The van der Waals surface area contributed by atoms with Gasteiger partial charge in [0.25, 0.3) is 0 Å². The molecule has 184 valence electrons. The number of nitriles is 1. The summed E-state index contributed by atoms with van der Waals surface area (Å²) in [6.45, 7) is 4.57. The largest absolute Gasteiger partial charge is 0.198 e. The SMILES string of the molecule is CCCCCCCCCCCCCCCCCCCC(C#N)CCCCCCCCC. The van der Waals surface area contributed by atoms with Gasteiger partial charge in [-0.3, -0.25) is 0 Å².